The van der Waals surface area contributed by atoms with Crippen molar-refractivity contribution >= 4 is 17.5 Å². The lowest BCUT2D eigenvalue weighted by molar-refractivity contribution is 0.0996. The second kappa shape index (κ2) is 9.31. The normalized spacial score (nSPS) is 10.6. The molecule has 0 aliphatic carbocycles. The van der Waals surface area contributed by atoms with Gasteiger partial charge in [0.05, 0.1) is 23.0 Å². The monoisotopic (exact) mass is 442 g/mol. The molecule has 4 aromatic rings. The van der Waals surface area contributed by atoms with Crippen LogP contribution in [0.5, 0.6) is 5.75 Å². The summed E-state index contributed by atoms with van der Waals surface area (Å²) in [5.41, 5.74) is 9.36. The number of anilines is 1. The Balaban J connectivity index is 1.43. The third-order valence-corrected chi connectivity index (χ3v) is 4.97. The maximum absolute atomic E-state index is 12.7. The van der Waals surface area contributed by atoms with Gasteiger partial charge in [0.15, 0.2) is 5.82 Å². The Kier molecular flexibility index (Phi) is 6.12. The minimum atomic E-state index is -0.573. The van der Waals surface area contributed by atoms with Gasteiger partial charge in [0.2, 0.25) is 5.91 Å². The van der Waals surface area contributed by atoms with Crippen molar-refractivity contribution in [2.75, 3.05) is 5.32 Å². The Morgan fingerprint density at radius 2 is 1.88 bits per heavy atom. The van der Waals surface area contributed by atoms with Gasteiger partial charge in [-0.1, -0.05) is 6.07 Å². The van der Waals surface area contributed by atoms with Crippen molar-refractivity contribution < 1.29 is 14.3 Å². The lowest BCUT2D eigenvalue weighted by atomic mass is 10.1. The Bertz CT molecular complexity index is 1310. The zero-order chi connectivity index (χ0) is 23.4. The molecule has 1 aromatic carbocycles. The smallest absolute Gasteiger partial charge is 0.257 e. The average molecular weight is 442 g/mol. The highest BCUT2D eigenvalue weighted by atomic mass is 16.5. The van der Waals surface area contributed by atoms with E-state index in [9.17, 15) is 9.59 Å². The van der Waals surface area contributed by atoms with Crippen molar-refractivity contribution in [2.24, 2.45) is 5.73 Å². The van der Waals surface area contributed by atoms with E-state index < -0.39 is 5.91 Å². The molecule has 9 nitrogen and oxygen atoms in total. The number of aryl methyl sites for hydroxylation is 2. The Labute approximate surface area is 190 Å². The number of amides is 2. The van der Waals surface area contributed by atoms with Crippen molar-refractivity contribution in [3.8, 4) is 11.6 Å². The summed E-state index contributed by atoms with van der Waals surface area (Å²) in [7, 11) is 0. The van der Waals surface area contributed by atoms with E-state index in [4.69, 9.17) is 10.5 Å². The topological polar surface area (TPSA) is 125 Å². The summed E-state index contributed by atoms with van der Waals surface area (Å²) in [6.07, 6.45) is 6.22. The number of ether oxygens (including phenoxy) is 1. The molecule has 3 heterocycles. The van der Waals surface area contributed by atoms with Crippen molar-refractivity contribution in [3.05, 3.63) is 95.2 Å². The van der Waals surface area contributed by atoms with Gasteiger partial charge < -0.3 is 15.8 Å². The van der Waals surface area contributed by atoms with Gasteiger partial charge in [0.1, 0.15) is 12.4 Å². The third kappa shape index (κ3) is 5.21. The second-order valence-corrected chi connectivity index (χ2v) is 7.46. The standard InChI is InChI=1S/C24H22N6O3/c1-15-3-5-20(9-19(15)14-33-21-10-18(23(25)31)11-26-13-21)28-24(32)17-4-6-22(27-12-17)30-8-7-16(2)29-30/h3-13H,14H2,1-2H3,(H2,25,31)(H,28,32). The number of hydrogen-bond acceptors (Lipinski definition) is 6. The fourth-order valence-corrected chi connectivity index (χ4v) is 3.10. The van der Waals surface area contributed by atoms with Crippen molar-refractivity contribution in [2.45, 2.75) is 20.5 Å². The van der Waals surface area contributed by atoms with Gasteiger partial charge in [-0.05, 0) is 61.4 Å². The second-order valence-electron chi connectivity index (χ2n) is 7.46. The van der Waals surface area contributed by atoms with Crippen LogP contribution in [0.3, 0.4) is 0 Å². The first-order valence-electron chi connectivity index (χ1n) is 10.2. The van der Waals surface area contributed by atoms with E-state index >= 15 is 0 Å². The van der Waals surface area contributed by atoms with Crippen LogP contribution in [-0.2, 0) is 6.61 Å². The first-order valence-corrected chi connectivity index (χ1v) is 10.2. The molecule has 0 atom stereocenters. The Morgan fingerprint density at radius 1 is 1.03 bits per heavy atom. The number of nitrogens with two attached hydrogens (primary N) is 1. The quantitative estimate of drug-likeness (QED) is 0.453. The number of rotatable bonds is 7. The van der Waals surface area contributed by atoms with E-state index in [2.05, 4.69) is 20.4 Å². The van der Waals surface area contributed by atoms with Gasteiger partial charge in [-0.15, -0.1) is 0 Å². The minimum absolute atomic E-state index is 0.235. The first kappa shape index (κ1) is 21.7. The average Bonchev–Trinajstić information content (AvgIpc) is 3.26. The SMILES string of the molecule is Cc1ccn(-c2ccc(C(=O)Nc3ccc(C)c(COc4cncc(C(N)=O)c4)c3)cn2)n1. The van der Waals surface area contributed by atoms with Crippen LogP contribution in [0.4, 0.5) is 5.69 Å². The molecule has 0 radical (unpaired) electrons. The molecule has 0 saturated carbocycles. The van der Waals surface area contributed by atoms with Crippen molar-refractivity contribution in [1.29, 1.82) is 0 Å². The summed E-state index contributed by atoms with van der Waals surface area (Å²) < 4.78 is 7.41. The lowest BCUT2D eigenvalue weighted by Gasteiger charge is -2.12. The van der Waals surface area contributed by atoms with Crippen LogP contribution < -0.4 is 15.8 Å². The molecular formula is C24H22N6O3. The molecule has 4 rings (SSSR count). The summed E-state index contributed by atoms with van der Waals surface area (Å²) in [4.78, 5) is 32.3. The number of carbonyl (C=O) groups excluding carboxylic acids is 2. The number of nitrogens with one attached hydrogen (secondary N) is 1. The lowest BCUT2D eigenvalue weighted by Crippen LogP contribution is -2.13. The Hall–Kier alpha value is -4.53. The van der Waals surface area contributed by atoms with E-state index in [-0.39, 0.29) is 18.1 Å². The summed E-state index contributed by atoms with van der Waals surface area (Å²) in [6.45, 7) is 4.08. The molecule has 166 valence electrons. The molecule has 2 amide bonds. The van der Waals surface area contributed by atoms with Crippen LogP contribution in [0, 0.1) is 13.8 Å². The molecule has 9 heteroatoms. The number of benzene rings is 1. The van der Waals surface area contributed by atoms with Crippen LogP contribution in [-0.4, -0.2) is 31.6 Å². The fraction of sp³-hybridized carbons (Fsp3) is 0.125. The van der Waals surface area contributed by atoms with Crippen LogP contribution in [0.1, 0.15) is 37.5 Å². The first-order chi connectivity index (χ1) is 15.9. The summed E-state index contributed by atoms with van der Waals surface area (Å²) >= 11 is 0. The van der Waals surface area contributed by atoms with E-state index in [1.54, 1.807) is 16.8 Å². The zero-order valence-corrected chi connectivity index (χ0v) is 18.1. The predicted molar refractivity (Wildman–Crippen MR) is 122 cm³/mol. The molecule has 33 heavy (non-hydrogen) atoms. The minimum Gasteiger partial charge on any atom is -0.487 e. The van der Waals surface area contributed by atoms with Gasteiger partial charge in [0.25, 0.3) is 5.91 Å². The molecule has 0 unspecified atom stereocenters. The molecule has 0 spiro atoms. The maximum Gasteiger partial charge on any atom is 0.257 e. The third-order valence-electron chi connectivity index (χ3n) is 4.97. The largest absolute Gasteiger partial charge is 0.487 e. The molecule has 3 N–H and O–H groups in total. The predicted octanol–water partition coefficient (Wildman–Crippen LogP) is 3.21. The van der Waals surface area contributed by atoms with E-state index in [0.29, 0.717) is 22.8 Å². The van der Waals surface area contributed by atoms with Crippen LogP contribution in [0.15, 0.2) is 67.3 Å². The number of carbonyl (C=O) groups is 2. The molecular weight excluding hydrogens is 420 g/mol. The highest BCUT2D eigenvalue weighted by molar-refractivity contribution is 6.04. The van der Waals surface area contributed by atoms with Crippen molar-refractivity contribution in [3.63, 3.8) is 0 Å². The fourth-order valence-electron chi connectivity index (χ4n) is 3.10. The van der Waals surface area contributed by atoms with Crippen LogP contribution >= 0.6 is 0 Å². The molecule has 3 aromatic heterocycles. The zero-order valence-electron chi connectivity index (χ0n) is 18.1. The van der Waals surface area contributed by atoms with E-state index in [1.807, 2.05) is 44.3 Å². The number of hydrogen-bond donors (Lipinski definition) is 2. The summed E-state index contributed by atoms with van der Waals surface area (Å²) in [6, 6.07) is 12.4. The highest BCUT2D eigenvalue weighted by Crippen LogP contribution is 2.20. The highest BCUT2D eigenvalue weighted by Gasteiger charge is 2.10. The van der Waals surface area contributed by atoms with Gasteiger partial charge in [0, 0.05) is 24.3 Å². The Morgan fingerprint density at radius 3 is 2.58 bits per heavy atom. The van der Waals surface area contributed by atoms with E-state index in [0.717, 1.165) is 16.8 Å². The summed E-state index contributed by atoms with van der Waals surface area (Å²) in [5.74, 6) is 0.207. The van der Waals surface area contributed by atoms with Crippen LogP contribution in [0.25, 0.3) is 5.82 Å². The van der Waals surface area contributed by atoms with Crippen molar-refractivity contribution in [1.82, 2.24) is 19.7 Å². The van der Waals surface area contributed by atoms with Gasteiger partial charge in [-0.2, -0.15) is 5.10 Å². The van der Waals surface area contributed by atoms with Gasteiger partial charge >= 0.3 is 0 Å². The van der Waals surface area contributed by atoms with Crippen LogP contribution in [0.2, 0.25) is 0 Å². The molecule has 0 saturated heterocycles. The number of aromatic nitrogens is 4. The molecule has 0 aliphatic rings. The van der Waals surface area contributed by atoms with Gasteiger partial charge in [-0.3, -0.25) is 14.6 Å². The number of primary amides is 1. The number of pyridine rings is 2. The van der Waals surface area contributed by atoms with Gasteiger partial charge in [-0.25, -0.2) is 9.67 Å². The van der Waals surface area contributed by atoms with E-state index in [1.165, 1.54) is 24.7 Å². The maximum atomic E-state index is 12.7. The molecule has 0 fully saturated rings. The summed E-state index contributed by atoms with van der Waals surface area (Å²) in [5, 5.41) is 7.19. The molecule has 0 aliphatic heterocycles. The molecule has 0 bridgehead atoms. The number of nitrogens with zero attached hydrogens (tertiary/aromatic N) is 4.